The summed E-state index contributed by atoms with van der Waals surface area (Å²) in [5.74, 6) is -0.136. The minimum absolute atomic E-state index is 0.0460. The second-order valence-corrected chi connectivity index (χ2v) is 8.59. The largest absolute Gasteiger partial charge is 0.377 e. The van der Waals surface area contributed by atoms with Gasteiger partial charge in [0.15, 0.2) is 0 Å². The fourth-order valence-corrected chi connectivity index (χ4v) is 4.46. The molecule has 6 nitrogen and oxygen atoms in total. The Labute approximate surface area is 149 Å². The van der Waals surface area contributed by atoms with Gasteiger partial charge in [0.05, 0.1) is 11.0 Å². The van der Waals surface area contributed by atoms with E-state index in [1.165, 1.54) is 18.6 Å². The smallest absolute Gasteiger partial charge is 0.251 e. The van der Waals surface area contributed by atoms with Gasteiger partial charge in [0.2, 0.25) is 10.0 Å². The first-order valence-corrected chi connectivity index (χ1v) is 10.5. The van der Waals surface area contributed by atoms with Crippen molar-refractivity contribution in [3.8, 4) is 0 Å². The molecule has 25 heavy (non-hydrogen) atoms. The highest BCUT2D eigenvalue weighted by Crippen LogP contribution is 2.18. The maximum absolute atomic E-state index is 12.3. The Bertz CT molecular complexity index is 676. The Morgan fingerprint density at radius 3 is 2.40 bits per heavy atom. The van der Waals surface area contributed by atoms with Crippen molar-refractivity contribution in [2.45, 2.75) is 62.0 Å². The van der Waals surface area contributed by atoms with Crippen LogP contribution >= 0.6 is 0 Å². The molecule has 1 aromatic rings. The van der Waals surface area contributed by atoms with E-state index >= 15 is 0 Å². The van der Waals surface area contributed by atoms with E-state index in [4.69, 9.17) is 4.74 Å². The molecule has 1 aromatic carbocycles. The van der Waals surface area contributed by atoms with E-state index in [2.05, 4.69) is 10.0 Å². The summed E-state index contributed by atoms with van der Waals surface area (Å²) in [5, 5.41) is 3.04. The third-order valence-electron chi connectivity index (χ3n) is 4.89. The van der Waals surface area contributed by atoms with E-state index in [9.17, 15) is 13.2 Å². The SMILES string of the molecule is O=C(NC1CCCCC1)c1ccc(S(=O)(=O)NC[C@H]2CCCO2)cc1. The van der Waals surface area contributed by atoms with Gasteiger partial charge in [0.25, 0.3) is 5.91 Å². The number of rotatable bonds is 6. The number of hydrogen-bond acceptors (Lipinski definition) is 4. The van der Waals surface area contributed by atoms with Gasteiger partial charge in [-0.25, -0.2) is 13.1 Å². The van der Waals surface area contributed by atoms with Crippen LogP contribution in [0.25, 0.3) is 0 Å². The summed E-state index contributed by atoms with van der Waals surface area (Å²) in [6, 6.07) is 6.33. The zero-order valence-corrected chi connectivity index (χ0v) is 15.2. The van der Waals surface area contributed by atoms with Crippen LogP contribution < -0.4 is 10.0 Å². The van der Waals surface area contributed by atoms with Crippen LogP contribution in [0.15, 0.2) is 29.2 Å². The molecule has 1 saturated carbocycles. The summed E-state index contributed by atoms with van der Waals surface area (Å²) in [5.41, 5.74) is 0.489. The molecule has 2 aliphatic rings. The molecule has 138 valence electrons. The molecule has 0 aromatic heterocycles. The molecule has 1 heterocycles. The quantitative estimate of drug-likeness (QED) is 0.808. The third-order valence-corrected chi connectivity index (χ3v) is 6.33. The fraction of sp³-hybridized carbons (Fsp3) is 0.611. The van der Waals surface area contributed by atoms with E-state index in [0.717, 1.165) is 38.5 Å². The first-order chi connectivity index (χ1) is 12.0. The lowest BCUT2D eigenvalue weighted by atomic mass is 9.95. The molecule has 2 fully saturated rings. The predicted octanol–water partition coefficient (Wildman–Crippen LogP) is 2.21. The summed E-state index contributed by atoms with van der Waals surface area (Å²) in [6.07, 6.45) is 7.38. The zero-order chi connectivity index (χ0) is 17.7. The second-order valence-electron chi connectivity index (χ2n) is 6.82. The lowest BCUT2D eigenvalue weighted by Gasteiger charge is -2.22. The van der Waals surface area contributed by atoms with Crippen molar-refractivity contribution < 1.29 is 17.9 Å². The van der Waals surface area contributed by atoms with Gasteiger partial charge in [0.1, 0.15) is 0 Å². The Hall–Kier alpha value is -1.44. The lowest BCUT2D eigenvalue weighted by molar-refractivity contribution is 0.0927. The van der Waals surface area contributed by atoms with Gasteiger partial charge in [-0.3, -0.25) is 4.79 Å². The molecule has 0 bridgehead atoms. The molecule has 3 rings (SSSR count). The van der Waals surface area contributed by atoms with Crippen LogP contribution in [0, 0.1) is 0 Å². The van der Waals surface area contributed by atoms with Crippen molar-refractivity contribution in [3.05, 3.63) is 29.8 Å². The molecule has 0 radical (unpaired) electrons. The molecular formula is C18H26N2O4S. The first kappa shape index (κ1) is 18.4. The van der Waals surface area contributed by atoms with Crippen LogP contribution in [-0.4, -0.2) is 39.6 Å². The van der Waals surface area contributed by atoms with Crippen molar-refractivity contribution in [2.75, 3.05) is 13.2 Å². The molecule has 0 unspecified atom stereocenters. The van der Waals surface area contributed by atoms with Crippen molar-refractivity contribution in [3.63, 3.8) is 0 Å². The molecule has 1 amide bonds. The Kier molecular flexibility index (Phi) is 6.09. The van der Waals surface area contributed by atoms with Gasteiger partial charge in [-0.15, -0.1) is 0 Å². The number of sulfonamides is 1. The second kappa shape index (κ2) is 8.29. The van der Waals surface area contributed by atoms with E-state index in [1.54, 1.807) is 12.1 Å². The van der Waals surface area contributed by atoms with Gasteiger partial charge in [-0.05, 0) is 49.9 Å². The zero-order valence-electron chi connectivity index (χ0n) is 14.4. The Morgan fingerprint density at radius 2 is 1.76 bits per heavy atom. The summed E-state index contributed by atoms with van der Waals surface area (Å²) in [7, 11) is -3.58. The molecule has 1 aliphatic carbocycles. The Balaban J connectivity index is 1.57. The number of carbonyl (C=O) groups excluding carboxylic acids is 1. The Morgan fingerprint density at radius 1 is 1.04 bits per heavy atom. The van der Waals surface area contributed by atoms with E-state index in [1.807, 2.05) is 0 Å². The minimum atomic E-state index is -3.58. The molecule has 1 saturated heterocycles. The van der Waals surface area contributed by atoms with E-state index < -0.39 is 10.0 Å². The first-order valence-electron chi connectivity index (χ1n) is 9.07. The molecule has 2 N–H and O–H groups in total. The highest BCUT2D eigenvalue weighted by Gasteiger charge is 2.21. The van der Waals surface area contributed by atoms with Crippen LogP contribution in [0.1, 0.15) is 55.3 Å². The summed E-state index contributed by atoms with van der Waals surface area (Å²) in [6.45, 7) is 0.976. The number of carbonyl (C=O) groups is 1. The number of amides is 1. The number of nitrogens with one attached hydrogen (secondary N) is 2. The van der Waals surface area contributed by atoms with Crippen molar-refractivity contribution in [2.24, 2.45) is 0 Å². The van der Waals surface area contributed by atoms with E-state index in [0.29, 0.717) is 12.2 Å². The number of ether oxygens (including phenoxy) is 1. The molecule has 0 spiro atoms. The summed E-state index contributed by atoms with van der Waals surface area (Å²) >= 11 is 0. The monoisotopic (exact) mass is 366 g/mol. The van der Waals surface area contributed by atoms with Gasteiger partial charge >= 0.3 is 0 Å². The summed E-state index contributed by atoms with van der Waals surface area (Å²) in [4.78, 5) is 12.4. The van der Waals surface area contributed by atoms with Crippen LogP contribution in [0.4, 0.5) is 0 Å². The van der Waals surface area contributed by atoms with Crippen LogP contribution in [0.5, 0.6) is 0 Å². The average molecular weight is 366 g/mol. The molecule has 1 atom stereocenters. The van der Waals surface area contributed by atoms with Crippen LogP contribution in [0.3, 0.4) is 0 Å². The van der Waals surface area contributed by atoms with Crippen molar-refractivity contribution >= 4 is 15.9 Å². The maximum Gasteiger partial charge on any atom is 0.251 e. The van der Waals surface area contributed by atoms with Gasteiger partial charge in [0, 0.05) is 24.8 Å². The van der Waals surface area contributed by atoms with Crippen LogP contribution in [0.2, 0.25) is 0 Å². The predicted molar refractivity (Wildman–Crippen MR) is 94.9 cm³/mol. The van der Waals surface area contributed by atoms with Crippen molar-refractivity contribution in [1.82, 2.24) is 10.0 Å². The third kappa shape index (κ3) is 5.03. The number of benzene rings is 1. The normalized spacial score (nSPS) is 22.0. The van der Waals surface area contributed by atoms with E-state index in [-0.39, 0.29) is 29.5 Å². The average Bonchev–Trinajstić information content (AvgIpc) is 3.15. The van der Waals surface area contributed by atoms with Crippen molar-refractivity contribution in [1.29, 1.82) is 0 Å². The highest BCUT2D eigenvalue weighted by atomic mass is 32.2. The van der Waals surface area contributed by atoms with Gasteiger partial charge < -0.3 is 10.1 Å². The highest BCUT2D eigenvalue weighted by molar-refractivity contribution is 7.89. The molecule has 7 heteroatoms. The minimum Gasteiger partial charge on any atom is -0.377 e. The van der Waals surface area contributed by atoms with Gasteiger partial charge in [-0.2, -0.15) is 0 Å². The molecular weight excluding hydrogens is 340 g/mol. The fourth-order valence-electron chi connectivity index (χ4n) is 3.39. The molecule has 1 aliphatic heterocycles. The number of hydrogen-bond donors (Lipinski definition) is 2. The topological polar surface area (TPSA) is 84.5 Å². The lowest BCUT2D eigenvalue weighted by Crippen LogP contribution is -2.36. The van der Waals surface area contributed by atoms with Gasteiger partial charge in [-0.1, -0.05) is 19.3 Å². The van der Waals surface area contributed by atoms with Crippen LogP contribution in [-0.2, 0) is 14.8 Å². The standard InChI is InChI=1S/C18H26N2O4S/c21-18(20-15-5-2-1-3-6-15)14-8-10-17(11-9-14)25(22,23)19-13-16-7-4-12-24-16/h8-11,15-16,19H,1-7,12-13H2,(H,20,21)/t16-/m1/s1. The summed E-state index contributed by atoms with van der Waals surface area (Å²) < 4.78 is 32.6. The maximum atomic E-state index is 12.3.